The number of nitrogen functional groups attached to an aromatic ring is 1. The fraction of sp³-hybridized carbons (Fsp3) is 0.703. The number of nitrogens with zero attached hydrogens (tertiary/aromatic N) is 3. The predicted octanol–water partition coefficient (Wildman–Crippen LogP) is 3.16. The third-order valence-corrected chi connectivity index (χ3v) is 6.39. The van der Waals surface area contributed by atoms with Crippen molar-refractivity contribution in [3.05, 3.63) is 29.8 Å². The van der Waals surface area contributed by atoms with Crippen molar-refractivity contribution in [2.75, 3.05) is 64.6 Å². The Kier molecular flexibility index (Phi) is 17.5. The first-order chi connectivity index (χ1) is 23.2. The first kappa shape index (κ1) is 45.3. The van der Waals surface area contributed by atoms with E-state index in [-0.39, 0.29) is 71.4 Å². The van der Waals surface area contributed by atoms with Crippen LogP contribution in [0.2, 0.25) is 0 Å². The number of amides is 1. The third kappa shape index (κ3) is 24.1. The molecule has 14 heteroatoms. The summed E-state index contributed by atoms with van der Waals surface area (Å²) in [6.07, 6.45) is 0. The van der Waals surface area contributed by atoms with Crippen LogP contribution in [0.3, 0.4) is 0 Å². The molecule has 1 aromatic rings. The van der Waals surface area contributed by atoms with Gasteiger partial charge in [-0.3, -0.25) is 38.7 Å². The van der Waals surface area contributed by atoms with Crippen LogP contribution >= 0.6 is 0 Å². The first-order valence-electron chi connectivity index (χ1n) is 17.3. The van der Waals surface area contributed by atoms with Crippen LogP contribution < -0.4 is 11.1 Å². The van der Waals surface area contributed by atoms with Gasteiger partial charge in [0.05, 0.1) is 32.7 Å². The van der Waals surface area contributed by atoms with Crippen LogP contribution in [0.5, 0.6) is 0 Å². The summed E-state index contributed by atoms with van der Waals surface area (Å²) in [5.41, 5.74) is 4.36. The van der Waals surface area contributed by atoms with Gasteiger partial charge in [0.2, 0.25) is 5.91 Å². The Bertz CT molecular complexity index is 1160. The number of rotatable bonds is 18. The van der Waals surface area contributed by atoms with E-state index in [2.05, 4.69) is 5.32 Å². The molecule has 0 aliphatic rings. The summed E-state index contributed by atoms with van der Waals surface area (Å²) in [5.74, 6) is -2.33. The van der Waals surface area contributed by atoms with Crippen molar-refractivity contribution in [1.82, 2.24) is 20.0 Å². The fourth-order valence-corrected chi connectivity index (χ4v) is 4.58. The molecule has 3 N–H and O–H groups in total. The largest absolute Gasteiger partial charge is 0.459 e. The van der Waals surface area contributed by atoms with Gasteiger partial charge in [-0.25, -0.2) is 0 Å². The van der Waals surface area contributed by atoms with Crippen LogP contribution in [-0.4, -0.2) is 126 Å². The van der Waals surface area contributed by atoms with Gasteiger partial charge in [0.25, 0.3) is 0 Å². The van der Waals surface area contributed by atoms with Gasteiger partial charge >= 0.3 is 23.9 Å². The standard InChI is InChI=1S/C37H63N5O9/c1-34(2,3)48-30(44)23-41(24-31(45)49-35(4,5)6)19-17-40(22-29(43)39-21-27-13-15-28(38)16-14-27)18-20-42(25-32(46)50-36(7,8)9)26-33(47)51-37(10,11)12/h13-16H,17-26,38H2,1-12H3,(H,39,43). The van der Waals surface area contributed by atoms with Crippen LogP contribution in [0.1, 0.15) is 88.6 Å². The number of benzene rings is 1. The van der Waals surface area contributed by atoms with Crippen molar-refractivity contribution in [1.29, 1.82) is 0 Å². The minimum atomic E-state index is -0.727. The molecule has 0 unspecified atom stereocenters. The summed E-state index contributed by atoms with van der Waals surface area (Å²) in [6.45, 7) is 21.5. The lowest BCUT2D eigenvalue weighted by atomic mass is 10.2. The molecule has 0 heterocycles. The second-order valence-corrected chi connectivity index (χ2v) is 16.6. The summed E-state index contributed by atoms with van der Waals surface area (Å²) in [6, 6.07) is 7.15. The van der Waals surface area contributed by atoms with E-state index in [1.165, 1.54) is 0 Å². The molecule has 0 aliphatic carbocycles. The van der Waals surface area contributed by atoms with Crippen LogP contribution in [0.25, 0.3) is 0 Å². The molecule has 1 rings (SSSR count). The molecule has 0 spiro atoms. The monoisotopic (exact) mass is 721 g/mol. The molecule has 1 aromatic carbocycles. The van der Waals surface area contributed by atoms with E-state index >= 15 is 0 Å². The Morgan fingerprint density at radius 1 is 0.510 bits per heavy atom. The highest BCUT2D eigenvalue weighted by molar-refractivity contribution is 5.78. The molecule has 14 nitrogen and oxygen atoms in total. The Morgan fingerprint density at radius 2 is 0.804 bits per heavy atom. The number of nitrogens with two attached hydrogens (primary N) is 1. The number of hydrogen-bond acceptors (Lipinski definition) is 13. The second-order valence-electron chi connectivity index (χ2n) is 16.6. The molecule has 0 aromatic heterocycles. The SMILES string of the molecule is CC(C)(C)OC(=O)CN(CCN(CCN(CC(=O)OC(C)(C)C)CC(=O)OC(C)(C)C)CC(=O)NCc1ccc(N)cc1)CC(=O)OC(C)(C)C. The maximum absolute atomic E-state index is 13.2. The summed E-state index contributed by atoms with van der Waals surface area (Å²) >= 11 is 0. The topological polar surface area (TPSA) is 170 Å². The molecule has 0 radical (unpaired) electrons. The Morgan fingerprint density at radius 3 is 1.10 bits per heavy atom. The van der Waals surface area contributed by atoms with E-state index in [0.717, 1.165) is 5.56 Å². The lowest BCUT2D eigenvalue weighted by Gasteiger charge is -2.30. The molecular weight excluding hydrogens is 658 g/mol. The lowest BCUT2D eigenvalue weighted by Crippen LogP contribution is -2.48. The molecule has 1 amide bonds. The van der Waals surface area contributed by atoms with E-state index in [0.29, 0.717) is 5.69 Å². The number of carbonyl (C=O) groups excluding carboxylic acids is 5. The summed E-state index contributed by atoms with van der Waals surface area (Å²) in [7, 11) is 0. The van der Waals surface area contributed by atoms with E-state index < -0.39 is 46.3 Å². The minimum absolute atomic E-state index is 0.0472. The van der Waals surface area contributed by atoms with Gasteiger partial charge < -0.3 is 30.0 Å². The number of esters is 4. The quantitative estimate of drug-likeness (QED) is 0.129. The zero-order valence-corrected chi connectivity index (χ0v) is 33.0. The highest BCUT2D eigenvalue weighted by Crippen LogP contribution is 2.12. The lowest BCUT2D eigenvalue weighted by molar-refractivity contribution is -0.162. The van der Waals surface area contributed by atoms with Crippen molar-refractivity contribution in [3.63, 3.8) is 0 Å². The van der Waals surface area contributed by atoms with Gasteiger partial charge in [-0.1, -0.05) is 12.1 Å². The van der Waals surface area contributed by atoms with Gasteiger partial charge in [0.15, 0.2) is 0 Å². The van der Waals surface area contributed by atoms with Crippen LogP contribution in [0, 0.1) is 0 Å². The molecule has 0 atom stereocenters. The molecular formula is C37H63N5O9. The van der Waals surface area contributed by atoms with Gasteiger partial charge in [0.1, 0.15) is 22.4 Å². The zero-order chi connectivity index (χ0) is 39.2. The summed E-state index contributed by atoms with van der Waals surface area (Å²) in [5, 5.41) is 2.91. The normalized spacial score (nSPS) is 12.5. The van der Waals surface area contributed by atoms with E-state index in [1.54, 1.807) is 105 Å². The highest BCUT2D eigenvalue weighted by atomic mass is 16.6. The summed E-state index contributed by atoms with van der Waals surface area (Å²) in [4.78, 5) is 69.6. The maximum Gasteiger partial charge on any atom is 0.320 e. The van der Waals surface area contributed by atoms with E-state index in [9.17, 15) is 24.0 Å². The zero-order valence-electron chi connectivity index (χ0n) is 33.0. The molecule has 0 bridgehead atoms. The van der Waals surface area contributed by atoms with Crippen molar-refractivity contribution in [2.45, 2.75) is 112 Å². The Hall–Kier alpha value is -3.75. The van der Waals surface area contributed by atoms with E-state index in [4.69, 9.17) is 24.7 Å². The van der Waals surface area contributed by atoms with Crippen molar-refractivity contribution >= 4 is 35.5 Å². The number of ether oxygens (including phenoxy) is 4. The number of carbonyl (C=O) groups is 5. The van der Waals surface area contributed by atoms with Crippen LogP contribution in [0.4, 0.5) is 5.69 Å². The average molecular weight is 722 g/mol. The fourth-order valence-electron chi connectivity index (χ4n) is 4.58. The molecule has 0 saturated carbocycles. The average Bonchev–Trinajstić information content (AvgIpc) is 2.89. The minimum Gasteiger partial charge on any atom is -0.459 e. The Labute approximate surface area is 304 Å². The number of hydrogen-bond donors (Lipinski definition) is 2. The smallest absolute Gasteiger partial charge is 0.320 e. The van der Waals surface area contributed by atoms with Gasteiger partial charge in [-0.2, -0.15) is 0 Å². The first-order valence-corrected chi connectivity index (χ1v) is 17.3. The van der Waals surface area contributed by atoms with Crippen LogP contribution in [0.15, 0.2) is 24.3 Å². The molecule has 0 fully saturated rings. The Balaban J connectivity index is 3.25. The van der Waals surface area contributed by atoms with Gasteiger partial charge in [-0.05, 0) is 101 Å². The molecule has 290 valence electrons. The van der Waals surface area contributed by atoms with E-state index in [1.807, 2.05) is 17.0 Å². The number of anilines is 1. The van der Waals surface area contributed by atoms with Crippen molar-refractivity contribution < 1.29 is 42.9 Å². The third-order valence-electron chi connectivity index (χ3n) is 6.39. The molecule has 0 saturated heterocycles. The van der Waals surface area contributed by atoms with Gasteiger partial charge in [0, 0.05) is 38.4 Å². The molecule has 0 aliphatic heterocycles. The molecule has 51 heavy (non-hydrogen) atoms. The maximum atomic E-state index is 13.2. The van der Waals surface area contributed by atoms with Crippen molar-refractivity contribution in [2.24, 2.45) is 0 Å². The highest BCUT2D eigenvalue weighted by Gasteiger charge is 2.26. The van der Waals surface area contributed by atoms with Gasteiger partial charge in [-0.15, -0.1) is 0 Å². The summed E-state index contributed by atoms with van der Waals surface area (Å²) < 4.78 is 22.1. The van der Waals surface area contributed by atoms with Crippen LogP contribution in [-0.2, 0) is 49.5 Å². The van der Waals surface area contributed by atoms with Crippen molar-refractivity contribution in [3.8, 4) is 0 Å². The number of nitrogens with one attached hydrogen (secondary N) is 1. The predicted molar refractivity (Wildman–Crippen MR) is 195 cm³/mol. The second kappa shape index (κ2) is 19.7.